The molecule has 1 aliphatic rings. The molecule has 0 radical (unpaired) electrons. The van der Waals surface area contributed by atoms with Crippen molar-refractivity contribution in [2.24, 2.45) is 0 Å². The molecule has 0 amide bonds. The maximum atomic E-state index is 12.4. The summed E-state index contributed by atoms with van der Waals surface area (Å²) in [5, 5.41) is 3.79. The van der Waals surface area contributed by atoms with Crippen molar-refractivity contribution in [1.82, 2.24) is 10.2 Å². The highest BCUT2D eigenvalue weighted by molar-refractivity contribution is 6.31. The third-order valence-corrected chi connectivity index (χ3v) is 3.29. The SMILES string of the molecule is FC(F)(F)CN1CCNC(c2ccccc2Cl)C1. The molecule has 1 atom stereocenters. The van der Waals surface area contributed by atoms with E-state index in [0.29, 0.717) is 24.7 Å². The van der Waals surface area contributed by atoms with Crippen molar-refractivity contribution in [1.29, 1.82) is 0 Å². The van der Waals surface area contributed by atoms with E-state index in [9.17, 15) is 13.2 Å². The second-order valence-corrected chi connectivity index (χ2v) is 4.79. The Hall–Kier alpha value is -0.780. The fraction of sp³-hybridized carbons (Fsp3) is 0.500. The first-order chi connectivity index (χ1) is 8.46. The van der Waals surface area contributed by atoms with Crippen LogP contribution in [0.3, 0.4) is 0 Å². The van der Waals surface area contributed by atoms with Crippen LogP contribution in [0.5, 0.6) is 0 Å². The minimum Gasteiger partial charge on any atom is -0.308 e. The Balaban J connectivity index is 2.05. The van der Waals surface area contributed by atoms with E-state index in [1.807, 2.05) is 18.2 Å². The molecule has 2 rings (SSSR count). The van der Waals surface area contributed by atoms with E-state index in [2.05, 4.69) is 5.32 Å². The van der Waals surface area contributed by atoms with Crippen molar-refractivity contribution in [3.8, 4) is 0 Å². The van der Waals surface area contributed by atoms with Gasteiger partial charge >= 0.3 is 6.18 Å². The van der Waals surface area contributed by atoms with Crippen molar-refractivity contribution in [3.63, 3.8) is 0 Å². The Bertz CT molecular complexity index is 409. The van der Waals surface area contributed by atoms with Crippen LogP contribution in [0, 0.1) is 0 Å². The molecule has 0 aromatic heterocycles. The molecule has 0 spiro atoms. The first-order valence-corrected chi connectivity index (χ1v) is 6.10. The van der Waals surface area contributed by atoms with Crippen LogP contribution in [0.4, 0.5) is 13.2 Å². The molecule has 0 bridgehead atoms. The number of halogens is 4. The molecule has 100 valence electrons. The summed E-state index contributed by atoms with van der Waals surface area (Å²) in [6.45, 7) is 0.394. The van der Waals surface area contributed by atoms with E-state index < -0.39 is 12.7 Å². The summed E-state index contributed by atoms with van der Waals surface area (Å²) in [6.07, 6.45) is -4.15. The molecule has 1 unspecified atom stereocenters. The molecule has 2 nitrogen and oxygen atoms in total. The molecule has 1 aromatic carbocycles. The predicted octanol–water partition coefficient (Wildman–Crippen LogP) is 2.85. The van der Waals surface area contributed by atoms with Gasteiger partial charge < -0.3 is 5.32 Å². The van der Waals surface area contributed by atoms with Gasteiger partial charge in [-0.25, -0.2) is 0 Å². The van der Waals surface area contributed by atoms with Crippen LogP contribution in [-0.4, -0.2) is 37.3 Å². The van der Waals surface area contributed by atoms with Gasteiger partial charge in [-0.3, -0.25) is 4.90 Å². The molecule has 0 saturated carbocycles. The van der Waals surface area contributed by atoms with Crippen molar-refractivity contribution in [2.75, 3.05) is 26.2 Å². The molecular weight excluding hydrogens is 265 g/mol. The molecule has 1 saturated heterocycles. The average molecular weight is 279 g/mol. The highest BCUT2D eigenvalue weighted by atomic mass is 35.5. The third kappa shape index (κ3) is 3.60. The standard InChI is InChI=1S/C12H14ClF3N2/c13-10-4-2-1-3-9(10)11-7-18(6-5-17-11)8-12(14,15)16/h1-4,11,17H,5-8H2. The Labute approximate surface area is 109 Å². The normalized spacial score (nSPS) is 22.1. The minimum atomic E-state index is -4.15. The van der Waals surface area contributed by atoms with Crippen molar-refractivity contribution in [3.05, 3.63) is 34.9 Å². The van der Waals surface area contributed by atoms with Crippen LogP contribution < -0.4 is 5.32 Å². The largest absolute Gasteiger partial charge is 0.401 e. The topological polar surface area (TPSA) is 15.3 Å². The van der Waals surface area contributed by atoms with E-state index in [-0.39, 0.29) is 6.04 Å². The second kappa shape index (κ2) is 5.47. The van der Waals surface area contributed by atoms with E-state index in [1.165, 1.54) is 4.90 Å². The summed E-state index contributed by atoms with van der Waals surface area (Å²) >= 11 is 6.06. The highest BCUT2D eigenvalue weighted by Gasteiger charge is 2.33. The molecule has 1 N–H and O–H groups in total. The zero-order chi connectivity index (χ0) is 13.2. The molecule has 1 fully saturated rings. The van der Waals surface area contributed by atoms with Gasteiger partial charge in [-0.15, -0.1) is 0 Å². The number of hydrogen-bond acceptors (Lipinski definition) is 2. The van der Waals surface area contributed by atoms with Crippen molar-refractivity contribution >= 4 is 11.6 Å². The first kappa shape index (κ1) is 13.6. The predicted molar refractivity (Wildman–Crippen MR) is 64.7 cm³/mol. The number of hydrogen-bond donors (Lipinski definition) is 1. The number of nitrogens with one attached hydrogen (secondary N) is 1. The van der Waals surface area contributed by atoms with Gasteiger partial charge in [-0.1, -0.05) is 29.8 Å². The lowest BCUT2D eigenvalue weighted by Gasteiger charge is -2.34. The van der Waals surface area contributed by atoms with Gasteiger partial charge in [0.05, 0.1) is 6.54 Å². The molecule has 1 aliphatic heterocycles. The highest BCUT2D eigenvalue weighted by Crippen LogP contribution is 2.26. The Morgan fingerprint density at radius 3 is 2.72 bits per heavy atom. The van der Waals surface area contributed by atoms with E-state index >= 15 is 0 Å². The summed E-state index contributed by atoms with van der Waals surface area (Å²) in [4.78, 5) is 1.41. The van der Waals surface area contributed by atoms with Gasteiger partial charge in [0.1, 0.15) is 0 Å². The monoisotopic (exact) mass is 278 g/mol. The third-order valence-electron chi connectivity index (χ3n) is 2.94. The summed E-state index contributed by atoms with van der Waals surface area (Å²) < 4.78 is 37.1. The fourth-order valence-corrected chi connectivity index (χ4v) is 2.44. The van der Waals surface area contributed by atoms with Crippen LogP contribution in [0.25, 0.3) is 0 Å². The number of nitrogens with zero attached hydrogens (tertiary/aromatic N) is 1. The lowest BCUT2D eigenvalue weighted by molar-refractivity contribution is -0.148. The van der Waals surface area contributed by atoms with E-state index in [1.54, 1.807) is 6.07 Å². The quantitative estimate of drug-likeness (QED) is 0.895. The van der Waals surface area contributed by atoms with Gasteiger partial charge in [0, 0.05) is 30.7 Å². The zero-order valence-corrected chi connectivity index (χ0v) is 10.4. The summed E-state index contributed by atoms with van der Waals surface area (Å²) in [6, 6.07) is 7.10. The van der Waals surface area contributed by atoms with Gasteiger partial charge in [0.15, 0.2) is 0 Å². The smallest absolute Gasteiger partial charge is 0.308 e. The number of benzene rings is 1. The van der Waals surface area contributed by atoms with Gasteiger partial charge in [0.25, 0.3) is 0 Å². The van der Waals surface area contributed by atoms with Crippen LogP contribution in [-0.2, 0) is 0 Å². The van der Waals surface area contributed by atoms with Gasteiger partial charge in [0.2, 0.25) is 0 Å². The van der Waals surface area contributed by atoms with Gasteiger partial charge in [-0.05, 0) is 11.6 Å². The molecular formula is C12H14ClF3N2. The fourth-order valence-electron chi connectivity index (χ4n) is 2.17. The maximum Gasteiger partial charge on any atom is 0.401 e. The Morgan fingerprint density at radius 1 is 1.33 bits per heavy atom. The number of rotatable bonds is 2. The van der Waals surface area contributed by atoms with E-state index in [4.69, 9.17) is 11.6 Å². The lowest BCUT2D eigenvalue weighted by Crippen LogP contribution is -2.48. The second-order valence-electron chi connectivity index (χ2n) is 4.38. The summed E-state index contributed by atoms with van der Waals surface area (Å²) in [5.74, 6) is 0. The summed E-state index contributed by atoms with van der Waals surface area (Å²) in [5.41, 5.74) is 0.853. The molecule has 0 aliphatic carbocycles. The van der Waals surface area contributed by atoms with Crippen molar-refractivity contribution < 1.29 is 13.2 Å². The zero-order valence-electron chi connectivity index (χ0n) is 9.67. The molecule has 6 heteroatoms. The van der Waals surface area contributed by atoms with E-state index in [0.717, 1.165) is 5.56 Å². The Morgan fingerprint density at radius 2 is 2.06 bits per heavy atom. The first-order valence-electron chi connectivity index (χ1n) is 5.72. The number of alkyl halides is 3. The van der Waals surface area contributed by atoms with Crippen LogP contribution >= 0.6 is 11.6 Å². The van der Waals surface area contributed by atoms with Crippen LogP contribution in [0.1, 0.15) is 11.6 Å². The average Bonchev–Trinajstić information content (AvgIpc) is 2.27. The number of piperazine rings is 1. The molecule has 1 heterocycles. The Kier molecular flexibility index (Phi) is 4.14. The van der Waals surface area contributed by atoms with Crippen molar-refractivity contribution in [2.45, 2.75) is 12.2 Å². The maximum absolute atomic E-state index is 12.4. The van der Waals surface area contributed by atoms with Crippen LogP contribution in [0.2, 0.25) is 5.02 Å². The van der Waals surface area contributed by atoms with Gasteiger partial charge in [-0.2, -0.15) is 13.2 Å². The molecule has 1 aromatic rings. The molecule has 18 heavy (non-hydrogen) atoms. The van der Waals surface area contributed by atoms with Crippen LogP contribution in [0.15, 0.2) is 24.3 Å². The lowest BCUT2D eigenvalue weighted by atomic mass is 10.0. The minimum absolute atomic E-state index is 0.144. The summed E-state index contributed by atoms with van der Waals surface area (Å²) in [7, 11) is 0.